The van der Waals surface area contributed by atoms with Crippen molar-refractivity contribution < 1.29 is 24.2 Å². The van der Waals surface area contributed by atoms with Gasteiger partial charge in [0.05, 0.1) is 11.2 Å². The molecule has 1 saturated heterocycles. The Kier molecular flexibility index (Phi) is 7.67. The lowest BCUT2D eigenvalue weighted by Gasteiger charge is -2.38. The maximum atomic E-state index is 13.2. The Balaban J connectivity index is 0.00000103. The molecule has 0 amide bonds. The number of carboxylic acid groups (broad SMARTS) is 1. The van der Waals surface area contributed by atoms with E-state index in [-0.39, 0.29) is 12.7 Å². The molecule has 4 rings (SSSR count). The average molecular weight is 488 g/mol. The van der Waals surface area contributed by atoms with Crippen molar-refractivity contribution in [3.63, 3.8) is 0 Å². The number of fused-ring (bicyclic) bond motifs is 1. The van der Waals surface area contributed by atoms with E-state index in [1.165, 1.54) is 0 Å². The summed E-state index contributed by atoms with van der Waals surface area (Å²) < 4.78 is 13.4. The van der Waals surface area contributed by atoms with Crippen molar-refractivity contribution in [3.8, 4) is 11.3 Å². The fraction of sp³-hybridized carbons (Fsp3) is 0.360. The summed E-state index contributed by atoms with van der Waals surface area (Å²) in [6.07, 6.45) is -0.827. The van der Waals surface area contributed by atoms with E-state index >= 15 is 0 Å². The van der Waals surface area contributed by atoms with Crippen LogP contribution < -0.4 is 11.1 Å². The lowest BCUT2D eigenvalue weighted by Crippen LogP contribution is -2.53. The molecule has 34 heavy (non-hydrogen) atoms. The van der Waals surface area contributed by atoms with Gasteiger partial charge in [0, 0.05) is 23.5 Å². The molecule has 9 heteroatoms. The first-order chi connectivity index (χ1) is 16.0. The van der Waals surface area contributed by atoms with Gasteiger partial charge in [-0.25, -0.2) is 9.36 Å². The minimum atomic E-state index is -0.628. The molecule has 1 aliphatic heterocycles. The highest BCUT2D eigenvalue weighted by molar-refractivity contribution is 6.31. The van der Waals surface area contributed by atoms with Gasteiger partial charge in [0.15, 0.2) is 0 Å². The topological polar surface area (TPSA) is 116 Å². The quantitative estimate of drug-likeness (QED) is 0.453. The van der Waals surface area contributed by atoms with Crippen molar-refractivity contribution in [1.29, 1.82) is 0 Å². The molecule has 0 radical (unpaired) electrons. The summed E-state index contributed by atoms with van der Waals surface area (Å²) in [5.74, 6) is 0. The summed E-state index contributed by atoms with van der Waals surface area (Å²) >= 11 is 6.24. The van der Waals surface area contributed by atoms with E-state index < -0.39 is 17.3 Å². The fourth-order valence-corrected chi connectivity index (χ4v) is 4.11. The molecule has 0 saturated carbocycles. The highest BCUT2D eigenvalue weighted by Crippen LogP contribution is 2.34. The van der Waals surface area contributed by atoms with Gasteiger partial charge in [-0.05, 0) is 63.1 Å². The van der Waals surface area contributed by atoms with Crippen molar-refractivity contribution in [1.82, 2.24) is 9.88 Å². The number of nitrogens with two attached hydrogens (primary N) is 1. The number of aromatic nitrogens is 1. The van der Waals surface area contributed by atoms with Crippen molar-refractivity contribution in [3.05, 3.63) is 59.1 Å². The second-order valence-corrected chi connectivity index (χ2v) is 9.69. The van der Waals surface area contributed by atoms with E-state index in [9.17, 15) is 4.79 Å². The van der Waals surface area contributed by atoms with Crippen molar-refractivity contribution in [2.24, 2.45) is 5.73 Å². The average Bonchev–Trinajstić information content (AvgIpc) is 3.12. The van der Waals surface area contributed by atoms with Crippen LogP contribution in [0.4, 0.5) is 4.79 Å². The predicted octanol–water partition coefficient (Wildman–Crippen LogP) is 4.57. The molecule has 0 spiro atoms. The molecule has 2 aromatic carbocycles. The van der Waals surface area contributed by atoms with Crippen LogP contribution in [0.25, 0.3) is 22.2 Å². The molecule has 0 bridgehead atoms. The summed E-state index contributed by atoms with van der Waals surface area (Å²) in [7, 11) is 0. The highest BCUT2D eigenvalue weighted by atomic mass is 35.5. The first-order valence-corrected chi connectivity index (χ1v) is 11.2. The summed E-state index contributed by atoms with van der Waals surface area (Å²) in [5.41, 5.74) is 8.10. The van der Waals surface area contributed by atoms with Gasteiger partial charge in [0.2, 0.25) is 0 Å². The van der Waals surface area contributed by atoms with Gasteiger partial charge in [0.25, 0.3) is 6.47 Å². The molecule has 3 aromatic rings. The molecule has 8 nitrogen and oxygen atoms in total. The van der Waals surface area contributed by atoms with Gasteiger partial charge < -0.3 is 25.6 Å². The number of hydrogen-bond donors (Lipinski definition) is 3. The number of nitrogens with one attached hydrogen (secondary N) is 1. The van der Waals surface area contributed by atoms with E-state index in [0.717, 1.165) is 22.2 Å². The first kappa shape index (κ1) is 25.7. The summed E-state index contributed by atoms with van der Waals surface area (Å²) in [4.78, 5) is 21.5. The monoisotopic (exact) mass is 487 g/mol. The van der Waals surface area contributed by atoms with Crippen LogP contribution >= 0.6 is 11.6 Å². The van der Waals surface area contributed by atoms with Gasteiger partial charge in [-0.1, -0.05) is 35.9 Å². The van der Waals surface area contributed by atoms with Crippen LogP contribution in [0, 0.1) is 0 Å². The van der Waals surface area contributed by atoms with Crippen LogP contribution in [0.3, 0.4) is 0 Å². The number of benzene rings is 2. The number of nitrogens with zero attached hydrogens (tertiary/aromatic N) is 1. The third-order valence-corrected chi connectivity index (χ3v) is 5.57. The standard InChI is InChI=1S/C24H28ClN3O3.CH2O2/c1-23(2,3)31-22(29)28-19(11-16-8-9-18(25)12-20(16)28)15-6-5-7-17(10-15)24(4)14-27-13-21(26)30-24;2-1-3/h5-12,21,27H,13-14,26H2,1-4H3;1H,(H,2,3). The lowest BCUT2D eigenvalue weighted by molar-refractivity contribution is -0.122. The largest absolute Gasteiger partial charge is 0.483 e. The number of hydrogen-bond acceptors (Lipinski definition) is 6. The Morgan fingerprint density at radius 1 is 1.29 bits per heavy atom. The highest BCUT2D eigenvalue weighted by Gasteiger charge is 2.34. The minimum Gasteiger partial charge on any atom is -0.483 e. The van der Waals surface area contributed by atoms with Gasteiger partial charge in [-0.15, -0.1) is 0 Å². The van der Waals surface area contributed by atoms with Crippen LogP contribution in [0.5, 0.6) is 0 Å². The smallest absolute Gasteiger partial charge is 0.419 e. The maximum Gasteiger partial charge on any atom is 0.419 e. The number of halogens is 1. The van der Waals surface area contributed by atoms with Gasteiger partial charge in [0.1, 0.15) is 17.4 Å². The SMILES string of the molecule is CC(C)(C)OC(=O)n1c(-c2cccc(C3(C)CNCC(N)O3)c2)cc2ccc(Cl)cc21.O=CO. The second kappa shape index (κ2) is 10.1. The van der Waals surface area contributed by atoms with Crippen LogP contribution in [-0.2, 0) is 19.9 Å². The molecular weight excluding hydrogens is 458 g/mol. The van der Waals surface area contributed by atoms with E-state index in [4.69, 9.17) is 36.7 Å². The molecule has 1 aromatic heterocycles. The van der Waals surface area contributed by atoms with E-state index in [2.05, 4.69) is 5.32 Å². The molecule has 0 aliphatic carbocycles. The number of carbonyl (C=O) groups excluding carboxylic acids is 1. The first-order valence-electron chi connectivity index (χ1n) is 10.8. The lowest BCUT2D eigenvalue weighted by atomic mass is 9.92. The zero-order valence-electron chi connectivity index (χ0n) is 19.7. The number of morpholine rings is 1. The second-order valence-electron chi connectivity index (χ2n) is 9.25. The van der Waals surface area contributed by atoms with Crippen LogP contribution in [0.2, 0.25) is 5.02 Å². The normalized spacial score (nSPS) is 20.4. The molecule has 2 unspecified atom stereocenters. The molecule has 1 aliphatic rings. The third-order valence-electron chi connectivity index (χ3n) is 5.33. The Labute approximate surface area is 203 Å². The van der Waals surface area contributed by atoms with Gasteiger partial charge >= 0.3 is 6.09 Å². The number of rotatable bonds is 2. The minimum absolute atomic E-state index is 0.250. The molecule has 2 heterocycles. The van der Waals surface area contributed by atoms with Crippen molar-refractivity contribution in [2.45, 2.75) is 45.1 Å². The van der Waals surface area contributed by atoms with E-state index in [0.29, 0.717) is 23.6 Å². The van der Waals surface area contributed by atoms with E-state index in [1.54, 1.807) is 10.6 Å². The van der Waals surface area contributed by atoms with Crippen LogP contribution in [0.15, 0.2) is 48.5 Å². The molecule has 4 N–H and O–H groups in total. The van der Waals surface area contributed by atoms with Gasteiger partial charge in [-0.2, -0.15) is 0 Å². The molecular formula is C25H30ClN3O5. The Morgan fingerprint density at radius 2 is 2.00 bits per heavy atom. The molecule has 1 fully saturated rings. The summed E-state index contributed by atoms with van der Waals surface area (Å²) in [6.45, 7) is 8.57. The number of ether oxygens (including phenoxy) is 2. The summed E-state index contributed by atoms with van der Waals surface area (Å²) in [6, 6.07) is 15.5. The summed E-state index contributed by atoms with van der Waals surface area (Å²) in [5, 5.41) is 11.7. The van der Waals surface area contributed by atoms with Crippen LogP contribution in [0.1, 0.15) is 33.3 Å². The number of carbonyl (C=O) groups is 2. The predicted molar refractivity (Wildman–Crippen MR) is 132 cm³/mol. The Bertz CT molecular complexity index is 1190. The third kappa shape index (κ3) is 5.77. The fourth-order valence-electron chi connectivity index (χ4n) is 3.94. The molecule has 2 atom stereocenters. The zero-order valence-corrected chi connectivity index (χ0v) is 20.4. The Morgan fingerprint density at radius 3 is 2.65 bits per heavy atom. The van der Waals surface area contributed by atoms with Crippen LogP contribution in [-0.4, -0.2) is 47.2 Å². The van der Waals surface area contributed by atoms with Crippen molar-refractivity contribution in [2.75, 3.05) is 13.1 Å². The zero-order chi connectivity index (χ0) is 25.1. The molecule has 182 valence electrons. The van der Waals surface area contributed by atoms with E-state index in [1.807, 2.05) is 70.2 Å². The maximum absolute atomic E-state index is 13.2. The van der Waals surface area contributed by atoms with Gasteiger partial charge in [-0.3, -0.25) is 4.79 Å². The van der Waals surface area contributed by atoms with Crippen molar-refractivity contribution >= 4 is 35.1 Å². The Hall–Kier alpha value is -2.91.